The number of aliphatic hydroxyl groups is 1. The molecule has 0 spiro atoms. The monoisotopic (exact) mass is 379 g/mol. The molecule has 0 aliphatic carbocycles. The maximum atomic E-state index is 14.7. The molecule has 0 bridgehead atoms. The first-order chi connectivity index (χ1) is 12.9. The number of hydrogen-bond acceptors (Lipinski definition) is 5. The molecule has 2 aliphatic rings. The molecule has 2 atom stereocenters. The van der Waals surface area contributed by atoms with Crippen LogP contribution in [0.15, 0.2) is 18.2 Å². The zero-order valence-corrected chi connectivity index (χ0v) is 15.0. The summed E-state index contributed by atoms with van der Waals surface area (Å²) in [5.41, 5.74) is 0.863. The van der Waals surface area contributed by atoms with Gasteiger partial charge in [0.25, 0.3) is 0 Å². The van der Waals surface area contributed by atoms with E-state index in [1.165, 1.54) is 22.8 Å². The summed E-state index contributed by atoms with van der Waals surface area (Å²) in [6, 6.07) is 4.56. The number of anilines is 1. The second-order valence-corrected chi connectivity index (χ2v) is 6.74. The molecule has 0 radical (unpaired) electrons. The van der Waals surface area contributed by atoms with Gasteiger partial charge in [-0.1, -0.05) is 6.07 Å². The Hall–Kier alpha value is -2.68. The molecule has 8 nitrogen and oxygen atoms in total. The summed E-state index contributed by atoms with van der Waals surface area (Å²) in [6.45, 7) is 2.09. The number of nitrogens with zero attached hydrogens (tertiary/aromatic N) is 2. The Morgan fingerprint density at radius 1 is 1.37 bits per heavy atom. The minimum Gasteiger partial charge on any atom is -0.442 e. The van der Waals surface area contributed by atoms with Crippen molar-refractivity contribution in [1.29, 1.82) is 0 Å². The molecule has 2 N–H and O–H groups in total. The molecule has 2 aliphatic heterocycles. The van der Waals surface area contributed by atoms with Crippen LogP contribution in [0.4, 0.5) is 14.9 Å². The van der Waals surface area contributed by atoms with Crippen molar-refractivity contribution in [2.75, 3.05) is 37.7 Å². The second-order valence-electron chi connectivity index (χ2n) is 6.74. The van der Waals surface area contributed by atoms with Crippen LogP contribution in [0.5, 0.6) is 0 Å². The first-order valence-corrected chi connectivity index (χ1v) is 8.79. The van der Waals surface area contributed by atoms with Gasteiger partial charge in [-0.3, -0.25) is 14.5 Å². The maximum Gasteiger partial charge on any atom is 0.414 e. The SMILES string of the molecule is CC(=O)NC[C@H]1CN(c2ccc(C3CCN(C(=O)CO)C3)c(F)c2)C(=O)O1. The van der Waals surface area contributed by atoms with Gasteiger partial charge < -0.3 is 20.1 Å². The highest BCUT2D eigenvalue weighted by Gasteiger charge is 2.34. The van der Waals surface area contributed by atoms with Crippen LogP contribution in [-0.4, -0.2) is 66.8 Å². The van der Waals surface area contributed by atoms with E-state index >= 15 is 0 Å². The number of likely N-dealkylation sites (tertiary alicyclic amines) is 1. The topological polar surface area (TPSA) is 99.2 Å². The molecule has 2 fully saturated rings. The number of rotatable bonds is 5. The Bertz CT molecular complexity index is 757. The van der Waals surface area contributed by atoms with E-state index in [0.717, 1.165) is 0 Å². The Balaban J connectivity index is 1.67. The van der Waals surface area contributed by atoms with Crippen molar-refractivity contribution in [3.05, 3.63) is 29.6 Å². The average molecular weight is 379 g/mol. The molecule has 1 unspecified atom stereocenters. The molecule has 0 aromatic heterocycles. The third-order valence-electron chi connectivity index (χ3n) is 4.86. The normalized spacial score (nSPS) is 22.1. The van der Waals surface area contributed by atoms with E-state index in [1.807, 2.05) is 0 Å². The number of cyclic esters (lactones) is 1. The van der Waals surface area contributed by atoms with Crippen molar-refractivity contribution in [3.63, 3.8) is 0 Å². The highest BCUT2D eigenvalue weighted by molar-refractivity contribution is 5.89. The number of carbonyl (C=O) groups is 3. The molecular formula is C18H22FN3O5. The van der Waals surface area contributed by atoms with Gasteiger partial charge in [0.15, 0.2) is 0 Å². The third-order valence-corrected chi connectivity index (χ3v) is 4.86. The van der Waals surface area contributed by atoms with Gasteiger partial charge >= 0.3 is 6.09 Å². The van der Waals surface area contributed by atoms with Crippen LogP contribution in [0.3, 0.4) is 0 Å². The molecule has 1 aromatic carbocycles. The van der Waals surface area contributed by atoms with E-state index in [1.54, 1.807) is 12.1 Å². The molecule has 1 aromatic rings. The summed E-state index contributed by atoms with van der Waals surface area (Å²) in [7, 11) is 0. The van der Waals surface area contributed by atoms with Crippen LogP contribution in [0, 0.1) is 5.82 Å². The summed E-state index contributed by atoms with van der Waals surface area (Å²) in [5, 5.41) is 11.5. The quantitative estimate of drug-likeness (QED) is 0.780. The third kappa shape index (κ3) is 4.19. The van der Waals surface area contributed by atoms with Crippen LogP contribution in [0.1, 0.15) is 24.8 Å². The highest BCUT2D eigenvalue weighted by Crippen LogP contribution is 2.32. The van der Waals surface area contributed by atoms with Gasteiger partial charge in [-0.2, -0.15) is 0 Å². The maximum absolute atomic E-state index is 14.7. The average Bonchev–Trinajstić information content (AvgIpc) is 3.26. The van der Waals surface area contributed by atoms with E-state index < -0.39 is 24.6 Å². The lowest BCUT2D eigenvalue weighted by atomic mass is 9.97. The Kier molecular flexibility index (Phi) is 5.59. The van der Waals surface area contributed by atoms with E-state index in [-0.39, 0.29) is 30.8 Å². The van der Waals surface area contributed by atoms with Crippen molar-refractivity contribution < 1.29 is 28.6 Å². The fraction of sp³-hybridized carbons (Fsp3) is 0.500. The number of ether oxygens (including phenoxy) is 1. The standard InChI is InChI=1S/C18H22FN3O5/c1-11(24)20-7-14-9-22(18(26)27-14)13-2-3-15(16(19)6-13)12-4-5-21(8-12)17(25)10-23/h2-3,6,12,14,23H,4-5,7-10H2,1H3,(H,20,24)/t12?,14-/m0/s1. The zero-order valence-electron chi connectivity index (χ0n) is 15.0. The largest absolute Gasteiger partial charge is 0.442 e. The zero-order chi connectivity index (χ0) is 19.6. The minimum atomic E-state index is -0.585. The molecule has 3 rings (SSSR count). The van der Waals surface area contributed by atoms with Crippen molar-refractivity contribution in [1.82, 2.24) is 10.2 Å². The lowest BCUT2D eigenvalue weighted by Crippen LogP contribution is -2.33. The first-order valence-electron chi connectivity index (χ1n) is 8.79. The van der Waals surface area contributed by atoms with Crippen LogP contribution in [-0.2, 0) is 14.3 Å². The fourth-order valence-corrected chi connectivity index (χ4v) is 3.45. The summed E-state index contributed by atoms with van der Waals surface area (Å²) in [5.74, 6) is -1.17. The number of carbonyl (C=O) groups excluding carboxylic acids is 3. The van der Waals surface area contributed by atoms with Crippen molar-refractivity contribution in [2.24, 2.45) is 0 Å². The molecule has 3 amide bonds. The van der Waals surface area contributed by atoms with Crippen molar-refractivity contribution in [2.45, 2.75) is 25.4 Å². The molecule has 27 heavy (non-hydrogen) atoms. The van der Waals surface area contributed by atoms with E-state index in [0.29, 0.717) is 30.8 Å². The van der Waals surface area contributed by atoms with Crippen molar-refractivity contribution in [3.8, 4) is 0 Å². The number of amides is 3. The highest BCUT2D eigenvalue weighted by atomic mass is 19.1. The van der Waals surface area contributed by atoms with E-state index in [4.69, 9.17) is 9.84 Å². The summed E-state index contributed by atoms with van der Waals surface area (Å²) in [6.07, 6.45) is -0.456. The minimum absolute atomic E-state index is 0.146. The lowest BCUT2D eigenvalue weighted by Gasteiger charge is -2.18. The summed E-state index contributed by atoms with van der Waals surface area (Å²) >= 11 is 0. The molecule has 2 heterocycles. The van der Waals surface area contributed by atoms with E-state index in [9.17, 15) is 18.8 Å². The van der Waals surface area contributed by atoms with Crippen molar-refractivity contribution >= 4 is 23.6 Å². The van der Waals surface area contributed by atoms with Gasteiger partial charge in [-0.25, -0.2) is 9.18 Å². The Labute approximate surface area is 155 Å². The van der Waals surface area contributed by atoms with Gasteiger partial charge in [0.1, 0.15) is 18.5 Å². The summed E-state index contributed by atoms with van der Waals surface area (Å²) in [4.78, 5) is 37.4. The smallest absolute Gasteiger partial charge is 0.414 e. The van der Waals surface area contributed by atoms with Crippen LogP contribution in [0.2, 0.25) is 0 Å². The van der Waals surface area contributed by atoms with Gasteiger partial charge in [-0.05, 0) is 24.1 Å². The van der Waals surface area contributed by atoms with Gasteiger partial charge in [-0.15, -0.1) is 0 Å². The molecule has 0 saturated carbocycles. The van der Waals surface area contributed by atoms with Gasteiger partial charge in [0.2, 0.25) is 11.8 Å². The van der Waals surface area contributed by atoms with Crippen LogP contribution in [0.25, 0.3) is 0 Å². The number of hydrogen-bond donors (Lipinski definition) is 2. The Morgan fingerprint density at radius 2 is 2.15 bits per heavy atom. The van der Waals surface area contributed by atoms with E-state index in [2.05, 4.69) is 5.32 Å². The lowest BCUT2D eigenvalue weighted by molar-refractivity contribution is -0.133. The second kappa shape index (κ2) is 7.91. The molecule has 9 heteroatoms. The molecule has 2 saturated heterocycles. The van der Waals surface area contributed by atoms with Gasteiger partial charge in [0, 0.05) is 25.9 Å². The predicted octanol–water partition coefficient (Wildman–Crippen LogP) is 0.595. The molecular weight excluding hydrogens is 357 g/mol. The van der Waals surface area contributed by atoms with Gasteiger partial charge in [0.05, 0.1) is 18.8 Å². The first kappa shape index (κ1) is 19.1. The number of nitrogens with one attached hydrogen (secondary N) is 1. The number of benzene rings is 1. The molecule has 146 valence electrons. The Morgan fingerprint density at radius 3 is 2.81 bits per heavy atom. The number of halogens is 1. The summed E-state index contributed by atoms with van der Waals surface area (Å²) < 4.78 is 19.8. The fourth-order valence-electron chi connectivity index (χ4n) is 3.45. The predicted molar refractivity (Wildman–Crippen MR) is 93.7 cm³/mol. The number of aliphatic hydroxyl groups excluding tert-OH is 1. The van der Waals surface area contributed by atoms with Crippen LogP contribution < -0.4 is 10.2 Å². The van der Waals surface area contributed by atoms with Crippen LogP contribution >= 0.6 is 0 Å².